The van der Waals surface area contributed by atoms with Gasteiger partial charge in [0, 0.05) is 12.1 Å². The number of para-hydroxylation sites is 2. The quantitative estimate of drug-likeness (QED) is 0.525. The van der Waals surface area contributed by atoms with Crippen molar-refractivity contribution in [3.8, 4) is 11.5 Å². The SMILES string of the molecule is O=[N+]([O-])c1cccc(S(=O)(=O)Oc2ccccc2O)c1. The van der Waals surface area contributed by atoms with Crippen molar-refractivity contribution >= 4 is 15.8 Å². The maximum atomic E-state index is 12.0. The molecular formula is C12H9NO6S. The average Bonchev–Trinajstić information content (AvgIpc) is 2.41. The van der Waals surface area contributed by atoms with E-state index in [1.807, 2.05) is 0 Å². The van der Waals surface area contributed by atoms with Crippen LogP contribution >= 0.6 is 0 Å². The number of phenolic OH excluding ortho intramolecular Hbond substituents is 1. The Morgan fingerprint density at radius 2 is 1.80 bits per heavy atom. The van der Waals surface area contributed by atoms with E-state index in [1.54, 1.807) is 0 Å². The molecule has 1 N–H and O–H groups in total. The highest BCUT2D eigenvalue weighted by molar-refractivity contribution is 7.87. The monoisotopic (exact) mass is 295 g/mol. The predicted octanol–water partition coefficient (Wildman–Crippen LogP) is 2.07. The third-order valence-corrected chi connectivity index (χ3v) is 3.61. The first-order chi connectivity index (χ1) is 9.40. The zero-order valence-corrected chi connectivity index (χ0v) is 10.8. The number of benzene rings is 2. The Bertz CT molecular complexity index is 756. The number of aromatic hydroxyl groups is 1. The van der Waals surface area contributed by atoms with Crippen molar-refractivity contribution in [1.29, 1.82) is 0 Å². The van der Waals surface area contributed by atoms with Crippen LogP contribution in [0.2, 0.25) is 0 Å². The standard InChI is InChI=1S/C12H9NO6S/c14-11-6-1-2-7-12(11)19-20(17,18)10-5-3-4-9(8-10)13(15)16/h1-8,14H. The van der Waals surface area contributed by atoms with Gasteiger partial charge in [0.05, 0.1) is 4.92 Å². The molecule has 0 aromatic heterocycles. The van der Waals surface area contributed by atoms with Gasteiger partial charge in [-0.1, -0.05) is 18.2 Å². The minimum Gasteiger partial charge on any atom is -0.504 e. The molecule has 2 rings (SSSR count). The molecule has 0 bridgehead atoms. The number of nitro benzene ring substituents is 1. The summed E-state index contributed by atoms with van der Waals surface area (Å²) in [6, 6.07) is 9.97. The van der Waals surface area contributed by atoms with Gasteiger partial charge in [-0.2, -0.15) is 8.42 Å². The van der Waals surface area contributed by atoms with E-state index in [1.165, 1.54) is 42.5 Å². The first-order valence-electron chi connectivity index (χ1n) is 5.37. The fourth-order valence-electron chi connectivity index (χ4n) is 1.45. The number of non-ortho nitro benzene ring substituents is 1. The lowest BCUT2D eigenvalue weighted by Gasteiger charge is -2.07. The highest BCUT2D eigenvalue weighted by atomic mass is 32.2. The van der Waals surface area contributed by atoms with Crippen LogP contribution in [0.25, 0.3) is 0 Å². The van der Waals surface area contributed by atoms with E-state index < -0.39 is 15.0 Å². The van der Waals surface area contributed by atoms with Crippen LogP contribution in [-0.4, -0.2) is 18.4 Å². The summed E-state index contributed by atoms with van der Waals surface area (Å²) in [7, 11) is -4.26. The summed E-state index contributed by atoms with van der Waals surface area (Å²) in [5.74, 6) is -0.597. The summed E-state index contributed by atoms with van der Waals surface area (Å²) in [5, 5.41) is 20.1. The third-order valence-electron chi connectivity index (χ3n) is 2.38. The van der Waals surface area contributed by atoms with Crippen molar-refractivity contribution < 1.29 is 22.6 Å². The zero-order valence-electron chi connectivity index (χ0n) is 9.96. The molecule has 104 valence electrons. The number of nitrogens with zero attached hydrogens (tertiary/aromatic N) is 1. The Balaban J connectivity index is 2.38. The second-order valence-corrected chi connectivity index (χ2v) is 5.31. The van der Waals surface area contributed by atoms with E-state index >= 15 is 0 Å². The van der Waals surface area contributed by atoms with E-state index in [4.69, 9.17) is 4.18 Å². The molecule has 0 radical (unpaired) electrons. The second-order valence-electron chi connectivity index (χ2n) is 3.76. The maximum absolute atomic E-state index is 12.0. The Kier molecular flexibility index (Phi) is 3.57. The molecule has 0 fully saturated rings. The summed E-state index contributed by atoms with van der Waals surface area (Å²) in [5.41, 5.74) is -0.369. The first kappa shape index (κ1) is 13.8. The van der Waals surface area contributed by atoms with Gasteiger partial charge in [-0.25, -0.2) is 0 Å². The average molecular weight is 295 g/mol. The molecule has 0 saturated carbocycles. The molecule has 20 heavy (non-hydrogen) atoms. The van der Waals surface area contributed by atoms with E-state index in [0.29, 0.717) is 0 Å². The number of phenols is 1. The summed E-state index contributed by atoms with van der Waals surface area (Å²) >= 11 is 0. The molecule has 0 spiro atoms. The Morgan fingerprint density at radius 3 is 2.45 bits per heavy atom. The summed E-state index contributed by atoms with van der Waals surface area (Å²) in [6.07, 6.45) is 0. The van der Waals surface area contributed by atoms with Gasteiger partial charge in [0.1, 0.15) is 4.90 Å². The molecule has 8 heteroatoms. The van der Waals surface area contributed by atoms with Crippen LogP contribution in [-0.2, 0) is 10.1 Å². The molecule has 0 aliphatic rings. The molecule has 0 heterocycles. The molecule has 0 atom stereocenters. The highest BCUT2D eigenvalue weighted by Crippen LogP contribution is 2.28. The highest BCUT2D eigenvalue weighted by Gasteiger charge is 2.21. The van der Waals surface area contributed by atoms with Crippen molar-refractivity contribution in [1.82, 2.24) is 0 Å². The lowest BCUT2D eigenvalue weighted by molar-refractivity contribution is -0.385. The number of nitro groups is 1. The van der Waals surface area contributed by atoms with Gasteiger partial charge in [-0.15, -0.1) is 0 Å². The number of hydrogen-bond donors (Lipinski definition) is 1. The summed E-state index contributed by atoms with van der Waals surface area (Å²) < 4.78 is 28.7. The molecule has 0 aliphatic carbocycles. The van der Waals surface area contributed by atoms with Crippen LogP contribution in [0.5, 0.6) is 11.5 Å². The largest absolute Gasteiger partial charge is 0.504 e. The van der Waals surface area contributed by atoms with Gasteiger partial charge in [0.15, 0.2) is 11.5 Å². The molecule has 0 amide bonds. The fraction of sp³-hybridized carbons (Fsp3) is 0. The first-order valence-corrected chi connectivity index (χ1v) is 6.78. The fourth-order valence-corrected chi connectivity index (χ4v) is 2.43. The third kappa shape index (κ3) is 2.86. The van der Waals surface area contributed by atoms with E-state index in [9.17, 15) is 23.6 Å². The van der Waals surface area contributed by atoms with Gasteiger partial charge in [-0.05, 0) is 18.2 Å². The lowest BCUT2D eigenvalue weighted by Crippen LogP contribution is -2.10. The zero-order chi connectivity index (χ0) is 14.8. The Labute approximate surface area is 114 Å². The number of rotatable bonds is 4. The molecular weight excluding hydrogens is 286 g/mol. The van der Waals surface area contributed by atoms with Gasteiger partial charge in [0.2, 0.25) is 0 Å². The Hall–Kier alpha value is -2.61. The minimum atomic E-state index is -4.26. The van der Waals surface area contributed by atoms with Crippen LogP contribution in [0.3, 0.4) is 0 Å². The van der Waals surface area contributed by atoms with Crippen LogP contribution in [0.1, 0.15) is 0 Å². The van der Waals surface area contributed by atoms with Crippen LogP contribution in [0, 0.1) is 10.1 Å². The topological polar surface area (TPSA) is 107 Å². The molecule has 2 aromatic rings. The van der Waals surface area contributed by atoms with Crippen molar-refractivity contribution in [2.75, 3.05) is 0 Å². The van der Waals surface area contributed by atoms with Gasteiger partial charge >= 0.3 is 10.1 Å². The second kappa shape index (κ2) is 5.17. The summed E-state index contributed by atoms with van der Waals surface area (Å²) in [6.45, 7) is 0. The molecule has 0 unspecified atom stereocenters. The van der Waals surface area contributed by atoms with E-state index in [0.717, 1.165) is 6.07 Å². The number of hydrogen-bond acceptors (Lipinski definition) is 6. The van der Waals surface area contributed by atoms with Crippen LogP contribution in [0.4, 0.5) is 5.69 Å². The molecule has 0 saturated heterocycles. The predicted molar refractivity (Wildman–Crippen MR) is 69.0 cm³/mol. The van der Waals surface area contributed by atoms with Gasteiger partial charge in [-0.3, -0.25) is 10.1 Å². The minimum absolute atomic E-state index is 0.251. The van der Waals surface area contributed by atoms with Crippen molar-refractivity contribution in [3.05, 3.63) is 58.6 Å². The normalized spacial score (nSPS) is 11.0. The van der Waals surface area contributed by atoms with Crippen LogP contribution in [0.15, 0.2) is 53.4 Å². The molecule has 2 aromatic carbocycles. The molecule has 0 aliphatic heterocycles. The van der Waals surface area contributed by atoms with E-state index in [2.05, 4.69) is 0 Å². The molecule has 7 nitrogen and oxygen atoms in total. The van der Waals surface area contributed by atoms with Gasteiger partial charge in [0.25, 0.3) is 5.69 Å². The van der Waals surface area contributed by atoms with Crippen molar-refractivity contribution in [2.24, 2.45) is 0 Å². The van der Waals surface area contributed by atoms with Crippen molar-refractivity contribution in [2.45, 2.75) is 4.90 Å². The van der Waals surface area contributed by atoms with Crippen LogP contribution < -0.4 is 4.18 Å². The van der Waals surface area contributed by atoms with Gasteiger partial charge < -0.3 is 9.29 Å². The maximum Gasteiger partial charge on any atom is 0.339 e. The summed E-state index contributed by atoms with van der Waals surface area (Å²) in [4.78, 5) is 9.55. The lowest BCUT2D eigenvalue weighted by atomic mass is 10.3. The van der Waals surface area contributed by atoms with E-state index in [-0.39, 0.29) is 22.1 Å². The smallest absolute Gasteiger partial charge is 0.339 e. The van der Waals surface area contributed by atoms with Crippen molar-refractivity contribution in [3.63, 3.8) is 0 Å². The Morgan fingerprint density at radius 1 is 1.10 bits per heavy atom.